The number of hydrogen-bond donors (Lipinski definition) is 1. The molecule has 0 atom stereocenters. The number of nitrogens with zero attached hydrogens (tertiary/aromatic N) is 3. The van der Waals surface area contributed by atoms with E-state index >= 15 is 0 Å². The molecule has 1 aliphatic rings. The molecule has 2 aromatic carbocycles. The average Bonchev–Trinajstić information content (AvgIpc) is 2.72. The Labute approximate surface area is 179 Å². The average molecular weight is 453 g/mol. The Morgan fingerprint density at radius 3 is 2.37 bits per heavy atom. The second-order valence-corrected chi connectivity index (χ2v) is 9.30. The maximum absolute atomic E-state index is 12.7. The summed E-state index contributed by atoms with van der Waals surface area (Å²) in [7, 11) is -1.60. The molecule has 2 aromatic rings. The van der Waals surface area contributed by atoms with Crippen LogP contribution >= 0.6 is 11.6 Å². The number of nitro benzene ring substituents is 1. The molecule has 0 saturated carbocycles. The Morgan fingerprint density at radius 2 is 1.77 bits per heavy atom. The van der Waals surface area contributed by atoms with E-state index in [1.807, 2.05) is 7.05 Å². The summed E-state index contributed by atoms with van der Waals surface area (Å²) in [5.41, 5.74) is 0.449. The van der Waals surface area contributed by atoms with Crippen LogP contribution in [0.25, 0.3) is 0 Å². The van der Waals surface area contributed by atoms with Crippen LogP contribution in [0.4, 0.5) is 5.69 Å². The van der Waals surface area contributed by atoms with E-state index < -0.39 is 20.9 Å². The molecule has 1 amide bonds. The molecule has 0 unspecified atom stereocenters. The summed E-state index contributed by atoms with van der Waals surface area (Å²) in [6, 6.07) is 9.90. The first-order valence-electron chi connectivity index (χ1n) is 9.18. The van der Waals surface area contributed by atoms with Gasteiger partial charge in [-0.3, -0.25) is 14.9 Å². The van der Waals surface area contributed by atoms with Crippen LogP contribution in [0.5, 0.6) is 0 Å². The van der Waals surface area contributed by atoms with Crippen molar-refractivity contribution in [2.24, 2.45) is 0 Å². The molecule has 1 saturated heterocycles. The molecule has 3 rings (SSSR count). The van der Waals surface area contributed by atoms with Gasteiger partial charge in [0.05, 0.1) is 20.4 Å². The third-order valence-corrected chi connectivity index (χ3v) is 7.12. The third-order valence-electron chi connectivity index (χ3n) is 4.88. The normalized spacial score (nSPS) is 15.7. The number of halogens is 1. The summed E-state index contributed by atoms with van der Waals surface area (Å²) < 4.78 is 27.0. The molecule has 9 nitrogen and oxygen atoms in total. The van der Waals surface area contributed by atoms with Crippen LogP contribution in [-0.2, 0) is 16.6 Å². The predicted octanol–water partition coefficient (Wildman–Crippen LogP) is 2.11. The number of piperazine rings is 1. The first-order valence-corrected chi connectivity index (χ1v) is 11.0. The minimum absolute atomic E-state index is 0.000121. The number of non-ortho nitro benzene ring substituents is 1. The van der Waals surface area contributed by atoms with Gasteiger partial charge in [-0.1, -0.05) is 23.7 Å². The summed E-state index contributed by atoms with van der Waals surface area (Å²) >= 11 is 5.97. The van der Waals surface area contributed by atoms with Crippen LogP contribution in [0.15, 0.2) is 47.4 Å². The van der Waals surface area contributed by atoms with E-state index in [0.717, 1.165) is 6.07 Å². The second-order valence-electron chi connectivity index (χ2n) is 6.96. The largest absolute Gasteiger partial charge is 0.348 e. The molecule has 0 bridgehead atoms. The van der Waals surface area contributed by atoms with Gasteiger partial charge < -0.3 is 10.2 Å². The van der Waals surface area contributed by atoms with Gasteiger partial charge in [0.25, 0.3) is 11.6 Å². The van der Waals surface area contributed by atoms with Crippen molar-refractivity contribution < 1.29 is 18.1 Å². The minimum Gasteiger partial charge on any atom is -0.348 e. The Bertz CT molecular complexity index is 1050. The SMILES string of the molecule is CN1CCN(S(=O)(=O)c2ccc(CNC(=O)c3cc([N+](=O)[O-])ccc3Cl)cc2)CC1. The van der Waals surface area contributed by atoms with Crippen LogP contribution < -0.4 is 5.32 Å². The highest BCUT2D eigenvalue weighted by atomic mass is 35.5. The smallest absolute Gasteiger partial charge is 0.270 e. The topological polar surface area (TPSA) is 113 Å². The van der Waals surface area contributed by atoms with Crippen molar-refractivity contribution >= 4 is 33.2 Å². The molecule has 1 heterocycles. The number of rotatable bonds is 6. The zero-order chi connectivity index (χ0) is 21.9. The minimum atomic E-state index is -3.56. The standard InChI is InChI=1S/C19H21ClN4O5S/c1-22-8-10-23(11-9-22)30(28,29)16-5-2-14(3-6-16)13-21-19(25)17-12-15(24(26)27)4-7-18(17)20/h2-7,12H,8-11,13H2,1H3,(H,21,25). The van der Waals surface area contributed by atoms with E-state index in [0.29, 0.717) is 31.7 Å². The monoisotopic (exact) mass is 452 g/mol. The van der Waals surface area contributed by atoms with Crippen molar-refractivity contribution in [2.75, 3.05) is 33.2 Å². The van der Waals surface area contributed by atoms with Crippen molar-refractivity contribution in [3.05, 3.63) is 68.7 Å². The predicted molar refractivity (Wildman–Crippen MR) is 112 cm³/mol. The van der Waals surface area contributed by atoms with Crippen molar-refractivity contribution in [2.45, 2.75) is 11.4 Å². The highest BCUT2D eigenvalue weighted by Crippen LogP contribution is 2.22. The molecule has 30 heavy (non-hydrogen) atoms. The molecule has 1 aliphatic heterocycles. The Balaban J connectivity index is 1.66. The van der Waals surface area contributed by atoms with Gasteiger partial charge in [-0.15, -0.1) is 0 Å². The third kappa shape index (κ3) is 4.96. The summed E-state index contributed by atoms with van der Waals surface area (Å²) in [5.74, 6) is -0.558. The lowest BCUT2D eigenvalue weighted by atomic mass is 10.1. The van der Waals surface area contributed by atoms with Gasteiger partial charge in [0.2, 0.25) is 10.0 Å². The first kappa shape index (κ1) is 22.2. The maximum Gasteiger partial charge on any atom is 0.270 e. The zero-order valence-corrected chi connectivity index (χ0v) is 17.8. The number of benzene rings is 2. The fourth-order valence-electron chi connectivity index (χ4n) is 3.04. The fourth-order valence-corrected chi connectivity index (χ4v) is 4.66. The Morgan fingerprint density at radius 1 is 1.13 bits per heavy atom. The molecule has 11 heteroatoms. The van der Waals surface area contributed by atoms with E-state index in [1.54, 1.807) is 12.1 Å². The van der Waals surface area contributed by atoms with Crippen LogP contribution in [0.2, 0.25) is 5.02 Å². The molecule has 0 aromatic heterocycles. The number of sulfonamides is 1. The van der Waals surface area contributed by atoms with Crippen molar-refractivity contribution in [3.63, 3.8) is 0 Å². The van der Waals surface area contributed by atoms with E-state index in [4.69, 9.17) is 11.6 Å². The lowest BCUT2D eigenvalue weighted by molar-refractivity contribution is -0.384. The molecular formula is C19H21ClN4O5S. The molecule has 0 aliphatic carbocycles. The number of carbonyl (C=O) groups excluding carboxylic acids is 1. The molecular weight excluding hydrogens is 432 g/mol. The number of carbonyl (C=O) groups is 1. The second kappa shape index (κ2) is 9.09. The van der Waals surface area contributed by atoms with Crippen molar-refractivity contribution in [3.8, 4) is 0 Å². The van der Waals surface area contributed by atoms with E-state index in [9.17, 15) is 23.3 Å². The van der Waals surface area contributed by atoms with Gasteiger partial charge in [0, 0.05) is 44.9 Å². The zero-order valence-electron chi connectivity index (χ0n) is 16.2. The highest BCUT2D eigenvalue weighted by molar-refractivity contribution is 7.89. The lowest BCUT2D eigenvalue weighted by Gasteiger charge is -2.31. The lowest BCUT2D eigenvalue weighted by Crippen LogP contribution is -2.47. The van der Waals surface area contributed by atoms with Gasteiger partial charge in [-0.05, 0) is 30.8 Å². The van der Waals surface area contributed by atoms with Crippen LogP contribution in [0.3, 0.4) is 0 Å². The maximum atomic E-state index is 12.7. The number of hydrogen-bond acceptors (Lipinski definition) is 6. The fraction of sp³-hybridized carbons (Fsp3) is 0.316. The van der Waals surface area contributed by atoms with E-state index in [2.05, 4.69) is 10.2 Å². The number of amides is 1. The molecule has 160 valence electrons. The van der Waals surface area contributed by atoms with E-state index in [1.165, 1.54) is 28.6 Å². The van der Waals surface area contributed by atoms with Gasteiger partial charge in [-0.25, -0.2) is 8.42 Å². The highest BCUT2D eigenvalue weighted by Gasteiger charge is 2.27. The van der Waals surface area contributed by atoms with Gasteiger partial charge >= 0.3 is 0 Å². The molecule has 1 fully saturated rings. The summed E-state index contributed by atoms with van der Waals surface area (Å²) in [6.07, 6.45) is 0. The molecule has 0 radical (unpaired) electrons. The van der Waals surface area contributed by atoms with Gasteiger partial charge in [0.15, 0.2) is 0 Å². The van der Waals surface area contributed by atoms with E-state index in [-0.39, 0.29) is 27.7 Å². The number of likely N-dealkylation sites (N-methyl/N-ethyl adjacent to an activating group) is 1. The van der Waals surface area contributed by atoms with Crippen LogP contribution in [-0.4, -0.2) is 61.7 Å². The summed E-state index contributed by atoms with van der Waals surface area (Å²) in [5, 5.41) is 13.6. The van der Waals surface area contributed by atoms with Crippen molar-refractivity contribution in [1.29, 1.82) is 0 Å². The molecule has 1 N–H and O–H groups in total. The quantitative estimate of drug-likeness (QED) is 0.530. The summed E-state index contributed by atoms with van der Waals surface area (Å²) in [4.78, 5) is 24.9. The molecule has 0 spiro atoms. The summed E-state index contributed by atoms with van der Waals surface area (Å²) in [6.45, 7) is 2.38. The Kier molecular flexibility index (Phi) is 6.71. The van der Waals surface area contributed by atoms with Gasteiger partial charge in [0.1, 0.15) is 0 Å². The Hall–Kier alpha value is -2.53. The van der Waals surface area contributed by atoms with Gasteiger partial charge in [-0.2, -0.15) is 4.31 Å². The number of nitro groups is 1. The van der Waals surface area contributed by atoms with Crippen LogP contribution in [0.1, 0.15) is 15.9 Å². The van der Waals surface area contributed by atoms with Crippen LogP contribution in [0, 0.1) is 10.1 Å². The first-order chi connectivity index (χ1) is 14.2. The number of nitrogens with one attached hydrogen (secondary N) is 1. The van der Waals surface area contributed by atoms with Crippen molar-refractivity contribution in [1.82, 2.24) is 14.5 Å².